The molecule has 1 aromatic heterocycles. The number of carbonyl (C=O) groups is 2. The van der Waals surface area contributed by atoms with E-state index in [1.165, 1.54) is 16.2 Å². The number of carbonyl (C=O) groups excluding carboxylic acids is 2. The van der Waals surface area contributed by atoms with Gasteiger partial charge in [0, 0.05) is 18.5 Å². The van der Waals surface area contributed by atoms with Crippen molar-refractivity contribution in [1.29, 1.82) is 0 Å². The van der Waals surface area contributed by atoms with E-state index in [0.29, 0.717) is 35.2 Å². The summed E-state index contributed by atoms with van der Waals surface area (Å²) in [6, 6.07) is 7.26. The molecule has 0 fully saturated rings. The van der Waals surface area contributed by atoms with Crippen molar-refractivity contribution in [3.05, 3.63) is 40.3 Å². The Kier molecular flexibility index (Phi) is 6.01. The summed E-state index contributed by atoms with van der Waals surface area (Å²) in [5.41, 5.74) is 1.63. The molecule has 0 bridgehead atoms. The van der Waals surface area contributed by atoms with Crippen molar-refractivity contribution >= 4 is 28.2 Å². The van der Waals surface area contributed by atoms with Crippen molar-refractivity contribution in [2.24, 2.45) is 0 Å². The molecule has 0 spiro atoms. The van der Waals surface area contributed by atoms with Gasteiger partial charge in [-0.1, -0.05) is 12.1 Å². The van der Waals surface area contributed by atoms with Crippen LogP contribution in [-0.4, -0.2) is 44.8 Å². The maximum atomic E-state index is 12.9. The third kappa shape index (κ3) is 4.23. The first kappa shape index (κ1) is 19.7. The third-order valence-electron chi connectivity index (χ3n) is 5.03. The molecular weight excluding hydrogens is 392 g/mol. The zero-order valence-electron chi connectivity index (χ0n) is 16.3. The Bertz CT molecular complexity index is 910. The van der Waals surface area contributed by atoms with Gasteiger partial charge in [-0.25, -0.2) is 0 Å². The number of amides is 2. The molecule has 4 rings (SSSR count). The molecule has 2 N–H and O–H groups in total. The largest absolute Gasteiger partial charge is 0.485 e. The fourth-order valence-electron chi connectivity index (χ4n) is 3.59. The Morgan fingerprint density at radius 1 is 1.21 bits per heavy atom. The van der Waals surface area contributed by atoms with Crippen LogP contribution in [0, 0.1) is 0 Å². The number of para-hydroxylation sites is 2. The van der Waals surface area contributed by atoms with Crippen LogP contribution in [0.5, 0.6) is 11.5 Å². The van der Waals surface area contributed by atoms with Crippen LogP contribution in [0.1, 0.15) is 33.6 Å². The second-order valence-corrected chi connectivity index (χ2v) is 8.12. The smallest absolute Gasteiger partial charge is 0.269 e. The van der Waals surface area contributed by atoms with Crippen molar-refractivity contribution in [2.45, 2.75) is 31.8 Å². The molecule has 0 unspecified atom stereocenters. The molecule has 2 aromatic rings. The third-order valence-corrected chi connectivity index (χ3v) is 6.24. The Hall–Kier alpha value is -2.58. The predicted octanol–water partition coefficient (Wildman–Crippen LogP) is 2.78. The van der Waals surface area contributed by atoms with Crippen molar-refractivity contribution in [3.63, 3.8) is 0 Å². The number of aryl methyl sites for hydroxylation is 1. The first-order chi connectivity index (χ1) is 14.2. The van der Waals surface area contributed by atoms with E-state index < -0.39 is 6.10 Å². The maximum Gasteiger partial charge on any atom is 0.269 e. The van der Waals surface area contributed by atoms with E-state index in [2.05, 4.69) is 10.6 Å². The Labute approximate surface area is 173 Å². The highest BCUT2D eigenvalue weighted by molar-refractivity contribution is 7.17. The average molecular weight is 416 g/mol. The molecule has 7 nitrogen and oxygen atoms in total. The quantitative estimate of drug-likeness (QED) is 0.708. The fraction of sp³-hybridized carbons (Fsp3) is 0.429. The molecule has 0 saturated heterocycles. The lowest BCUT2D eigenvalue weighted by molar-refractivity contribution is -0.125. The number of fused-ring (bicyclic) bond motifs is 2. The van der Waals surface area contributed by atoms with E-state index in [1.54, 1.807) is 19.2 Å². The highest BCUT2D eigenvalue weighted by Crippen LogP contribution is 2.38. The topological polar surface area (TPSA) is 85.9 Å². The van der Waals surface area contributed by atoms with Gasteiger partial charge < -0.3 is 24.8 Å². The van der Waals surface area contributed by atoms with Gasteiger partial charge in [-0.05, 0) is 43.4 Å². The SMILES string of the molecule is COCCNC(=O)c1c(NC(=O)[C@@H]2COc3ccccc3O2)sc2c1CCCC2. The molecule has 29 heavy (non-hydrogen) atoms. The van der Waals surface area contributed by atoms with Gasteiger partial charge in [0.1, 0.15) is 11.6 Å². The first-order valence-electron chi connectivity index (χ1n) is 9.78. The van der Waals surface area contributed by atoms with Gasteiger partial charge in [-0.15, -0.1) is 11.3 Å². The van der Waals surface area contributed by atoms with Crippen LogP contribution in [0.25, 0.3) is 0 Å². The second-order valence-electron chi connectivity index (χ2n) is 7.02. The summed E-state index contributed by atoms with van der Waals surface area (Å²) in [7, 11) is 1.59. The summed E-state index contributed by atoms with van der Waals surface area (Å²) in [5, 5.41) is 6.38. The summed E-state index contributed by atoms with van der Waals surface area (Å²) in [6.45, 7) is 0.986. The van der Waals surface area contributed by atoms with E-state index in [1.807, 2.05) is 12.1 Å². The number of methoxy groups -OCH3 is 1. The minimum atomic E-state index is -0.770. The molecule has 1 aliphatic heterocycles. The van der Waals surface area contributed by atoms with Crippen molar-refractivity contribution in [2.75, 3.05) is 32.2 Å². The molecular formula is C21H24N2O5S. The number of thiophene rings is 1. The molecule has 2 aliphatic rings. The first-order valence-corrected chi connectivity index (χ1v) is 10.6. The normalized spacial score (nSPS) is 17.3. The lowest BCUT2D eigenvalue weighted by Gasteiger charge is -2.25. The summed E-state index contributed by atoms with van der Waals surface area (Å²) in [4.78, 5) is 26.9. The van der Waals surface area contributed by atoms with Crippen LogP contribution in [0.4, 0.5) is 5.00 Å². The number of benzene rings is 1. The Balaban J connectivity index is 1.52. The zero-order valence-corrected chi connectivity index (χ0v) is 17.1. The molecule has 1 atom stereocenters. The molecule has 1 aromatic carbocycles. The standard InChI is InChI=1S/C21H24N2O5S/c1-26-11-10-22-20(25)18-13-6-2-5-9-17(13)29-21(18)23-19(24)16-12-27-14-7-3-4-8-15(14)28-16/h3-4,7-8,16H,2,5-6,9-12H2,1H3,(H,22,25)(H,23,24)/t16-/m0/s1. The number of nitrogens with one attached hydrogen (secondary N) is 2. The van der Waals surface area contributed by atoms with Gasteiger partial charge >= 0.3 is 0 Å². The summed E-state index contributed by atoms with van der Waals surface area (Å²) in [6.07, 6.45) is 3.16. The van der Waals surface area contributed by atoms with Crippen LogP contribution in [0.15, 0.2) is 24.3 Å². The molecule has 0 saturated carbocycles. The van der Waals surface area contributed by atoms with Crippen LogP contribution in [0.2, 0.25) is 0 Å². The van der Waals surface area contributed by atoms with Gasteiger partial charge in [-0.3, -0.25) is 9.59 Å². The predicted molar refractivity (Wildman–Crippen MR) is 110 cm³/mol. The number of anilines is 1. The van der Waals surface area contributed by atoms with Gasteiger partial charge in [0.05, 0.1) is 12.2 Å². The highest BCUT2D eigenvalue weighted by Gasteiger charge is 2.31. The Morgan fingerprint density at radius 2 is 2.00 bits per heavy atom. The lowest BCUT2D eigenvalue weighted by atomic mass is 9.95. The molecule has 1 aliphatic carbocycles. The summed E-state index contributed by atoms with van der Waals surface area (Å²) in [5.74, 6) is 0.676. The molecule has 0 radical (unpaired) electrons. The number of ether oxygens (including phenoxy) is 3. The monoisotopic (exact) mass is 416 g/mol. The van der Waals surface area contributed by atoms with E-state index in [9.17, 15) is 9.59 Å². The van der Waals surface area contributed by atoms with Gasteiger partial charge in [0.15, 0.2) is 11.5 Å². The van der Waals surface area contributed by atoms with Crippen molar-refractivity contribution in [1.82, 2.24) is 5.32 Å². The van der Waals surface area contributed by atoms with E-state index >= 15 is 0 Å². The maximum absolute atomic E-state index is 12.9. The average Bonchev–Trinajstić information content (AvgIpc) is 3.11. The summed E-state index contributed by atoms with van der Waals surface area (Å²) < 4.78 is 16.5. The number of hydrogen-bond acceptors (Lipinski definition) is 6. The van der Waals surface area contributed by atoms with Gasteiger partial charge in [-0.2, -0.15) is 0 Å². The number of hydrogen-bond donors (Lipinski definition) is 2. The molecule has 154 valence electrons. The number of rotatable bonds is 6. The van der Waals surface area contributed by atoms with Gasteiger partial charge in [0.2, 0.25) is 6.10 Å². The lowest BCUT2D eigenvalue weighted by Crippen LogP contribution is -2.40. The second kappa shape index (κ2) is 8.84. The van der Waals surface area contributed by atoms with Crippen molar-refractivity contribution in [3.8, 4) is 11.5 Å². The van der Waals surface area contributed by atoms with Crippen molar-refractivity contribution < 1.29 is 23.8 Å². The highest BCUT2D eigenvalue weighted by atomic mass is 32.1. The molecule has 8 heteroatoms. The van der Waals surface area contributed by atoms with E-state index in [4.69, 9.17) is 14.2 Å². The van der Waals surface area contributed by atoms with E-state index in [-0.39, 0.29) is 18.4 Å². The fourth-order valence-corrected chi connectivity index (χ4v) is 4.88. The molecule has 2 heterocycles. The minimum Gasteiger partial charge on any atom is -0.485 e. The zero-order chi connectivity index (χ0) is 20.2. The van der Waals surface area contributed by atoms with Crippen LogP contribution >= 0.6 is 11.3 Å². The van der Waals surface area contributed by atoms with Crippen LogP contribution in [0.3, 0.4) is 0 Å². The Morgan fingerprint density at radius 3 is 2.83 bits per heavy atom. The van der Waals surface area contributed by atoms with Crippen LogP contribution in [-0.2, 0) is 22.4 Å². The van der Waals surface area contributed by atoms with Gasteiger partial charge in [0.25, 0.3) is 11.8 Å². The molecule has 2 amide bonds. The van der Waals surface area contributed by atoms with Crippen LogP contribution < -0.4 is 20.1 Å². The minimum absolute atomic E-state index is 0.128. The van der Waals surface area contributed by atoms with E-state index in [0.717, 1.165) is 31.2 Å². The summed E-state index contributed by atoms with van der Waals surface area (Å²) >= 11 is 1.49.